The first-order valence-corrected chi connectivity index (χ1v) is 5.59. The molecule has 0 spiro atoms. The zero-order valence-corrected chi connectivity index (χ0v) is 9.96. The smallest absolute Gasteiger partial charge is 0.175 e. The van der Waals surface area contributed by atoms with Crippen LogP contribution in [0.25, 0.3) is 0 Å². The molecule has 92 valence electrons. The average Bonchev–Trinajstić information content (AvgIpc) is 2.44. The van der Waals surface area contributed by atoms with Gasteiger partial charge in [0.25, 0.3) is 0 Å². The number of phenolic OH excluding ortho intramolecular Hbond substituents is 2. The van der Waals surface area contributed by atoms with E-state index in [4.69, 9.17) is 10.5 Å². The topological polar surface area (TPSA) is 88.0 Å². The summed E-state index contributed by atoms with van der Waals surface area (Å²) in [7, 11) is 0. The first kappa shape index (κ1) is 12.5. The third-order valence-corrected chi connectivity index (χ3v) is 2.84. The van der Waals surface area contributed by atoms with E-state index in [0.29, 0.717) is 12.0 Å². The van der Waals surface area contributed by atoms with Gasteiger partial charge in [0, 0.05) is 12.5 Å². The molecule has 0 aromatic heterocycles. The SMILES string of the molecule is N#Cc1cc(O)c(O)c(C#N)c1Cc1ccccc1. The predicted molar refractivity (Wildman–Crippen MR) is 68.4 cm³/mol. The van der Waals surface area contributed by atoms with Crippen LogP contribution in [0.1, 0.15) is 22.3 Å². The maximum Gasteiger partial charge on any atom is 0.175 e. The van der Waals surface area contributed by atoms with Gasteiger partial charge in [-0.25, -0.2) is 0 Å². The van der Waals surface area contributed by atoms with Gasteiger partial charge < -0.3 is 10.2 Å². The van der Waals surface area contributed by atoms with Crippen molar-refractivity contribution >= 4 is 0 Å². The van der Waals surface area contributed by atoms with Crippen molar-refractivity contribution in [2.75, 3.05) is 0 Å². The minimum atomic E-state index is -0.479. The van der Waals surface area contributed by atoms with Gasteiger partial charge in [0.05, 0.1) is 11.6 Å². The van der Waals surface area contributed by atoms with E-state index in [-0.39, 0.29) is 11.1 Å². The summed E-state index contributed by atoms with van der Waals surface area (Å²) in [5, 5.41) is 37.3. The van der Waals surface area contributed by atoms with E-state index in [9.17, 15) is 10.2 Å². The van der Waals surface area contributed by atoms with E-state index < -0.39 is 11.5 Å². The minimum absolute atomic E-state index is 0.0552. The first-order valence-electron chi connectivity index (χ1n) is 5.59. The highest BCUT2D eigenvalue weighted by Crippen LogP contribution is 2.34. The third-order valence-electron chi connectivity index (χ3n) is 2.84. The molecule has 2 aromatic rings. The van der Waals surface area contributed by atoms with Gasteiger partial charge in [0.1, 0.15) is 11.6 Å². The molecule has 0 saturated carbocycles. The van der Waals surface area contributed by atoms with Crippen molar-refractivity contribution in [2.24, 2.45) is 0 Å². The molecule has 2 rings (SSSR count). The van der Waals surface area contributed by atoms with E-state index in [1.54, 1.807) is 0 Å². The number of nitrogens with zero attached hydrogens (tertiary/aromatic N) is 2. The second-order valence-electron chi connectivity index (χ2n) is 4.03. The molecule has 4 nitrogen and oxygen atoms in total. The van der Waals surface area contributed by atoms with Gasteiger partial charge >= 0.3 is 0 Å². The molecule has 4 heteroatoms. The maximum absolute atomic E-state index is 9.69. The average molecular weight is 250 g/mol. The van der Waals surface area contributed by atoms with Crippen LogP contribution in [0.4, 0.5) is 0 Å². The number of hydrogen-bond donors (Lipinski definition) is 2. The summed E-state index contributed by atoms with van der Waals surface area (Å²) in [5.41, 5.74) is 1.48. The van der Waals surface area contributed by atoms with Crippen LogP contribution >= 0.6 is 0 Å². The molecule has 0 radical (unpaired) electrons. The molecule has 0 saturated heterocycles. The van der Waals surface area contributed by atoms with Crippen LogP contribution in [0.15, 0.2) is 36.4 Å². The molecule has 0 amide bonds. The van der Waals surface area contributed by atoms with Crippen molar-refractivity contribution in [3.05, 3.63) is 58.7 Å². The fraction of sp³-hybridized carbons (Fsp3) is 0.0667. The normalized spacial score (nSPS) is 9.58. The van der Waals surface area contributed by atoms with E-state index >= 15 is 0 Å². The molecular weight excluding hydrogens is 240 g/mol. The highest BCUT2D eigenvalue weighted by atomic mass is 16.3. The standard InChI is InChI=1S/C15H10N2O2/c16-8-11-7-14(18)15(19)13(9-17)12(11)6-10-4-2-1-3-5-10/h1-5,7,18-19H,6H2. The molecule has 0 aliphatic heterocycles. The van der Waals surface area contributed by atoms with E-state index in [1.165, 1.54) is 6.07 Å². The summed E-state index contributed by atoms with van der Waals surface area (Å²) in [4.78, 5) is 0. The zero-order chi connectivity index (χ0) is 13.8. The lowest BCUT2D eigenvalue weighted by Gasteiger charge is -2.09. The number of phenols is 2. The van der Waals surface area contributed by atoms with Gasteiger partial charge in [-0.15, -0.1) is 0 Å². The zero-order valence-electron chi connectivity index (χ0n) is 9.96. The fourth-order valence-corrected chi connectivity index (χ4v) is 1.90. The Morgan fingerprint density at radius 3 is 2.26 bits per heavy atom. The summed E-state index contributed by atoms with van der Waals surface area (Å²) in [6.07, 6.45) is 0.348. The van der Waals surface area contributed by atoms with Crippen molar-refractivity contribution in [2.45, 2.75) is 6.42 Å². The first-order chi connectivity index (χ1) is 9.17. The summed E-state index contributed by atoms with van der Waals surface area (Å²) in [5.74, 6) is -0.933. The maximum atomic E-state index is 9.69. The molecule has 0 atom stereocenters. The summed E-state index contributed by atoms with van der Waals surface area (Å²) in [6.45, 7) is 0. The lowest BCUT2D eigenvalue weighted by molar-refractivity contribution is 0.402. The minimum Gasteiger partial charge on any atom is -0.504 e. The van der Waals surface area contributed by atoms with Gasteiger partial charge in [-0.2, -0.15) is 10.5 Å². The Balaban J connectivity index is 2.60. The fourth-order valence-electron chi connectivity index (χ4n) is 1.90. The van der Waals surface area contributed by atoms with Crippen molar-refractivity contribution in [3.63, 3.8) is 0 Å². The molecule has 0 aliphatic carbocycles. The van der Waals surface area contributed by atoms with Crippen molar-refractivity contribution in [1.29, 1.82) is 10.5 Å². The Hall–Kier alpha value is -2.98. The van der Waals surface area contributed by atoms with Gasteiger partial charge in [-0.05, 0) is 11.1 Å². The Morgan fingerprint density at radius 2 is 1.68 bits per heavy atom. The molecule has 2 N–H and O–H groups in total. The van der Waals surface area contributed by atoms with Crippen LogP contribution in [0.5, 0.6) is 11.5 Å². The second-order valence-corrected chi connectivity index (χ2v) is 4.03. The largest absolute Gasteiger partial charge is 0.504 e. The van der Waals surface area contributed by atoms with Gasteiger partial charge in [-0.3, -0.25) is 0 Å². The van der Waals surface area contributed by atoms with Crippen molar-refractivity contribution in [3.8, 4) is 23.6 Å². The molecule has 0 fully saturated rings. The molecule has 19 heavy (non-hydrogen) atoms. The van der Waals surface area contributed by atoms with Crippen molar-refractivity contribution in [1.82, 2.24) is 0 Å². The molecular formula is C15H10N2O2. The van der Waals surface area contributed by atoms with Crippen LogP contribution in [-0.2, 0) is 6.42 Å². The Bertz CT molecular complexity index is 695. The number of benzene rings is 2. The Labute approximate surface area is 110 Å². The predicted octanol–water partition coefficient (Wildman–Crippen LogP) is 2.43. The quantitative estimate of drug-likeness (QED) is 0.801. The van der Waals surface area contributed by atoms with Crippen LogP contribution in [0.3, 0.4) is 0 Å². The molecule has 0 bridgehead atoms. The molecule has 0 heterocycles. The summed E-state index contributed by atoms with van der Waals surface area (Å²) in [6, 6.07) is 14.3. The summed E-state index contributed by atoms with van der Waals surface area (Å²) < 4.78 is 0. The van der Waals surface area contributed by atoms with Gasteiger partial charge in [0.15, 0.2) is 11.5 Å². The van der Waals surface area contributed by atoms with Gasteiger partial charge in [-0.1, -0.05) is 30.3 Å². The molecule has 2 aromatic carbocycles. The van der Waals surface area contributed by atoms with Crippen LogP contribution in [0.2, 0.25) is 0 Å². The number of aromatic hydroxyl groups is 2. The van der Waals surface area contributed by atoms with Crippen molar-refractivity contribution < 1.29 is 10.2 Å². The van der Waals surface area contributed by atoms with E-state index in [0.717, 1.165) is 5.56 Å². The number of hydrogen-bond acceptors (Lipinski definition) is 4. The lowest BCUT2D eigenvalue weighted by atomic mass is 9.94. The van der Waals surface area contributed by atoms with Crippen LogP contribution in [-0.4, -0.2) is 10.2 Å². The van der Waals surface area contributed by atoms with Gasteiger partial charge in [0.2, 0.25) is 0 Å². The Kier molecular flexibility index (Phi) is 3.36. The third kappa shape index (κ3) is 2.34. The number of nitriles is 2. The van der Waals surface area contributed by atoms with E-state index in [1.807, 2.05) is 42.5 Å². The lowest BCUT2D eigenvalue weighted by Crippen LogP contribution is -1.98. The van der Waals surface area contributed by atoms with Crippen LogP contribution < -0.4 is 0 Å². The molecule has 0 unspecified atom stereocenters. The number of rotatable bonds is 2. The Morgan fingerprint density at radius 1 is 1.00 bits per heavy atom. The van der Waals surface area contributed by atoms with E-state index in [2.05, 4.69) is 0 Å². The monoisotopic (exact) mass is 250 g/mol. The molecule has 0 aliphatic rings. The highest BCUT2D eigenvalue weighted by molar-refractivity contribution is 5.62. The highest BCUT2D eigenvalue weighted by Gasteiger charge is 2.17. The second kappa shape index (κ2) is 5.12. The summed E-state index contributed by atoms with van der Waals surface area (Å²) >= 11 is 0. The van der Waals surface area contributed by atoms with Crippen LogP contribution in [0, 0.1) is 22.7 Å².